The van der Waals surface area contributed by atoms with E-state index in [0.29, 0.717) is 5.92 Å². The van der Waals surface area contributed by atoms with Crippen LogP contribution in [0.25, 0.3) is 0 Å². The van der Waals surface area contributed by atoms with Gasteiger partial charge in [-0.15, -0.1) is 0 Å². The fraction of sp³-hybridized carbons (Fsp3) is 0.286. The van der Waals surface area contributed by atoms with Crippen LogP contribution in [0.3, 0.4) is 0 Å². The van der Waals surface area contributed by atoms with Crippen molar-refractivity contribution in [3.8, 4) is 0 Å². The average Bonchev–Trinajstić information content (AvgIpc) is 3.04. The van der Waals surface area contributed by atoms with Gasteiger partial charge in [-0.1, -0.05) is 67.6 Å². The molecular formula is C21H25N2+. The van der Waals surface area contributed by atoms with Gasteiger partial charge in [0, 0.05) is 5.92 Å². The van der Waals surface area contributed by atoms with E-state index >= 15 is 0 Å². The van der Waals surface area contributed by atoms with E-state index in [9.17, 15) is 0 Å². The second-order valence-corrected chi connectivity index (χ2v) is 6.15. The quantitative estimate of drug-likeness (QED) is 0.578. The Morgan fingerprint density at radius 1 is 0.957 bits per heavy atom. The lowest BCUT2D eigenvalue weighted by atomic mass is 9.92. The van der Waals surface area contributed by atoms with Gasteiger partial charge in [0.05, 0.1) is 13.1 Å². The van der Waals surface area contributed by atoms with E-state index in [1.54, 1.807) is 0 Å². The molecule has 2 nitrogen and oxygen atoms in total. The maximum atomic E-state index is 2.32. The molecule has 0 aliphatic heterocycles. The Morgan fingerprint density at radius 2 is 1.65 bits per heavy atom. The second kappa shape index (κ2) is 7.77. The maximum absolute atomic E-state index is 2.32. The highest BCUT2D eigenvalue weighted by molar-refractivity contribution is 5.23. The minimum Gasteiger partial charge on any atom is -0.237 e. The summed E-state index contributed by atoms with van der Waals surface area (Å²) in [6.07, 6.45) is 8.83. The number of nitrogens with zero attached hydrogens (tertiary/aromatic N) is 2. The van der Waals surface area contributed by atoms with Crippen LogP contribution in [0.2, 0.25) is 0 Å². The smallest absolute Gasteiger partial charge is 0.237 e. The highest BCUT2D eigenvalue weighted by atomic mass is 15.1. The van der Waals surface area contributed by atoms with E-state index in [-0.39, 0.29) is 0 Å². The fourth-order valence-corrected chi connectivity index (χ4v) is 3.10. The van der Waals surface area contributed by atoms with E-state index in [1.165, 1.54) is 17.5 Å². The first-order valence-corrected chi connectivity index (χ1v) is 8.49. The second-order valence-electron chi connectivity index (χ2n) is 6.15. The minimum absolute atomic E-state index is 0.487. The van der Waals surface area contributed by atoms with Crippen LogP contribution < -0.4 is 4.57 Å². The third-order valence-corrected chi connectivity index (χ3v) is 4.26. The summed E-state index contributed by atoms with van der Waals surface area (Å²) in [7, 11) is 0. The zero-order valence-electron chi connectivity index (χ0n) is 13.8. The van der Waals surface area contributed by atoms with E-state index in [0.717, 1.165) is 19.5 Å². The van der Waals surface area contributed by atoms with Crippen LogP contribution in [0.1, 0.15) is 30.4 Å². The lowest BCUT2D eigenvalue weighted by molar-refractivity contribution is -0.699. The molecule has 0 aliphatic rings. The number of hydrogen-bond donors (Lipinski definition) is 0. The molecule has 0 N–H and O–H groups in total. The first kappa shape index (κ1) is 15.5. The van der Waals surface area contributed by atoms with Crippen LogP contribution in [0.15, 0.2) is 79.4 Å². The number of aryl methyl sites for hydroxylation is 1. The van der Waals surface area contributed by atoms with Crippen LogP contribution in [-0.2, 0) is 19.5 Å². The van der Waals surface area contributed by atoms with Crippen molar-refractivity contribution in [1.82, 2.24) is 4.57 Å². The summed E-state index contributed by atoms with van der Waals surface area (Å²) in [4.78, 5) is 0. The van der Waals surface area contributed by atoms with Gasteiger partial charge in [0.1, 0.15) is 12.4 Å². The molecule has 3 aromatic rings. The van der Waals surface area contributed by atoms with Gasteiger partial charge < -0.3 is 0 Å². The van der Waals surface area contributed by atoms with Gasteiger partial charge in [-0.05, 0) is 24.0 Å². The Hall–Kier alpha value is -2.35. The predicted octanol–water partition coefficient (Wildman–Crippen LogP) is 4.21. The lowest BCUT2D eigenvalue weighted by Gasteiger charge is -2.15. The molecule has 118 valence electrons. The van der Waals surface area contributed by atoms with Crippen LogP contribution in [0.5, 0.6) is 0 Å². The molecule has 1 atom stereocenters. The lowest BCUT2D eigenvalue weighted by Crippen LogP contribution is -2.35. The number of aromatic nitrogens is 2. The molecule has 2 heteroatoms. The summed E-state index contributed by atoms with van der Waals surface area (Å²) in [5.74, 6) is 0.487. The molecule has 23 heavy (non-hydrogen) atoms. The van der Waals surface area contributed by atoms with Crippen molar-refractivity contribution in [2.75, 3.05) is 0 Å². The van der Waals surface area contributed by atoms with Gasteiger partial charge in [0.2, 0.25) is 6.33 Å². The van der Waals surface area contributed by atoms with Crippen molar-refractivity contribution in [1.29, 1.82) is 0 Å². The monoisotopic (exact) mass is 305 g/mol. The maximum Gasteiger partial charge on any atom is 0.243 e. The number of imidazole rings is 1. The first-order chi connectivity index (χ1) is 11.3. The summed E-state index contributed by atoms with van der Waals surface area (Å²) in [5, 5.41) is 0. The largest absolute Gasteiger partial charge is 0.243 e. The van der Waals surface area contributed by atoms with E-state index in [1.807, 2.05) is 0 Å². The van der Waals surface area contributed by atoms with Gasteiger partial charge in [-0.2, -0.15) is 0 Å². The summed E-state index contributed by atoms with van der Waals surface area (Å²) in [6.45, 7) is 4.31. The topological polar surface area (TPSA) is 8.81 Å². The third-order valence-electron chi connectivity index (χ3n) is 4.26. The van der Waals surface area contributed by atoms with Crippen LogP contribution in [0, 0.1) is 0 Å². The zero-order valence-corrected chi connectivity index (χ0v) is 13.8. The van der Waals surface area contributed by atoms with Gasteiger partial charge in [-0.25, -0.2) is 9.13 Å². The number of rotatable bonds is 7. The third kappa shape index (κ3) is 4.32. The van der Waals surface area contributed by atoms with Crippen LogP contribution >= 0.6 is 0 Å². The van der Waals surface area contributed by atoms with Gasteiger partial charge in [0.15, 0.2) is 0 Å². The molecule has 0 saturated heterocycles. The molecule has 0 saturated carbocycles. The molecular weight excluding hydrogens is 280 g/mol. The standard InChI is InChI=1S/C21H25N2/c1-2-13-22-14-15-23(18-22)17-21(20-11-7-4-8-12-20)16-19-9-5-3-6-10-19/h3-12,14-15,18,21H,2,13,16-17H2,1H3/q+1. The molecule has 0 bridgehead atoms. The molecule has 0 aliphatic carbocycles. The van der Waals surface area contributed by atoms with Gasteiger partial charge >= 0.3 is 0 Å². The number of hydrogen-bond acceptors (Lipinski definition) is 0. The normalized spacial score (nSPS) is 12.2. The molecule has 2 aromatic carbocycles. The van der Waals surface area contributed by atoms with Crippen LogP contribution in [-0.4, -0.2) is 4.57 Å². The minimum atomic E-state index is 0.487. The highest BCUT2D eigenvalue weighted by Gasteiger charge is 2.16. The number of benzene rings is 2. The molecule has 3 rings (SSSR count). The summed E-state index contributed by atoms with van der Waals surface area (Å²) in [6, 6.07) is 21.7. The molecule has 1 heterocycles. The molecule has 1 unspecified atom stereocenters. The summed E-state index contributed by atoms with van der Waals surface area (Å²) in [5.41, 5.74) is 2.81. The average molecular weight is 305 g/mol. The molecule has 1 aromatic heterocycles. The Morgan fingerprint density at radius 3 is 2.35 bits per heavy atom. The summed E-state index contributed by atoms with van der Waals surface area (Å²) >= 11 is 0. The van der Waals surface area contributed by atoms with Crippen molar-refractivity contribution >= 4 is 0 Å². The molecule has 0 fully saturated rings. The van der Waals surface area contributed by atoms with Crippen molar-refractivity contribution in [2.45, 2.75) is 38.8 Å². The zero-order chi connectivity index (χ0) is 15.9. The van der Waals surface area contributed by atoms with Gasteiger partial charge in [-0.3, -0.25) is 0 Å². The van der Waals surface area contributed by atoms with Crippen molar-refractivity contribution < 1.29 is 4.57 Å². The Kier molecular flexibility index (Phi) is 5.25. The Bertz CT molecular complexity index is 701. The van der Waals surface area contributed by atoms with E-state index in [2.05, 4.69) is 95.4 Å². The van der Waals surface area contributed by atoms with E-state index in [4.69, 9.17) is 0 Å². The first-order valence-electron chi connectivity index (χ1n) is 8.49. The highest BCUT2D eigenvalue weighted by Crippen LogP contribution is 2.21. The van der Waals surface area contributed by atoms with Gasteiger partial charge in [0.25, 0.3) is 0 Å². The Labute approximate surface area is 139 Å². The molecule has 0 radical (unpaired) electrons. The summed E-state index contributed by atoms with van der Waals surface area (Å²) < 4.78 is 4.58. The van der Waals surface area contributed by atoms with Crippen molar-refractivity contribution in [3.63, 3.8) is 0 Å². The van der Waals surface area contributed by atoms with E-state index < -0.39 is 0 Å². The fourth-order valence-electron chi connectivity index (χ4n) is 3.10. The Balaban J connectivity index is 1.80. The van der Waals surface area contributed by atoms with Crippen LogP contribution in [0.4, 0.5) is 0 Å². The SMILES string of the molecule is CCCn1cc[n+](CC(Cc2ccccc2)c2ccccc2)c1. The predicted molar refractivity (Wildman–Crippen MR) is 94.2 cm³/mol. The molecule has 0 amide bonds. The van der Waals surface area contributed by atoms with Crippen molar-refractivity contribution in [2.24, 2.45) is 0 Å². The van der Waals surface area contributed by atoms with Crippen molar-refractivity contribution in [3.05, 3.63) is 90.5 Å². The molecule has 0 spiro atoms.